The lowest BCUT2D eigenvalue weighted by atomic mass is 9.94. The lowest BCUT2D eigenvalue weighted by Gasteiger charge is -2.27. The molecule has 1 atom stereocenters. The number of hydrogen-bond acceptors (Lipinski definition) is 2. The van der Waals surface area contributed by atoms with Gasteiger partial charge in [0.25, 0.3) is 0 Å². The second-order valence-corrected chi connectivity index (χ2v) is 5.50. The molecule has 0 aliphatic rings. The van der Waals surface area contributed by atoms with Crippen molar-refractivity contribution in [2.75, 3.05) is 6.61 Å². The monoisotopic (exact) mass is 320 g/mol. The van der Waals surface area contributed by atoms with Crippen LogP contribution in [0, 0.1) is 9.49 Å². The lowest BCUT2D eigenvalue weighted by Crippen LogP contribution is -2.37. The van der Waals surface area contributed by atoms with Gasteiger partial charge in [-0.25, -0.2) is 0 Å². The highest BCUT2D eigenvalue weighted by atomic mass is 127. The molecule has 0 aliphatic carbocycles. The summed E-state index contributed by atoms with van der Waals surface area (Å²) in [6, 6.07) is 7.80. The van der Waals surface area contributed by atoms with E-state index < -0.39 is 5.60 Å². The second-order valence-electron chi connectivity index (χ2n) is 4.25. The first kappa shape index (κ1) is 12.8. The van der Waals surface area contributed by atoms with Gasteiger partial charge in [0.05, 0.1) is 5.60 Å². The van der Waals surface area contributed by atoms with E-state index in [1.807, 2.05) is 38.1 Å². The van der Waals surface area contributed by atoms with Crippen LogP contribution in [0.15, 0.2) is 24.3 Å². The Morgan fingerprint density at radius 2 is 1.87 bits per heavy atom. The van der Waals surface area contributed by atoms with E-state index in [0.717, 1.165) is 5.75 Å². The topological polar surface area (TPSA) is 29.5 Å². The first-order chi connectivity index (χ1) is 6.92. The Hall–Kier alpha value is -0.290. The first-order valence-corrected chi connectivity index (χ1v) is 6.10. The molecule has 0 aliphatic heterocycles. The molecule has 1 aromatic rings. The Balaban J connectivity index is 2.54. The molecule has 1 N–H and O–H groups in total. The smallest absolute Gasteiger partial charge is 0.119 e. The van der Waals surface area contributed by atoms with Crippen molar-refractivity contribution in [1.29, 1.82) is 0 Å². The van der Waals surface area contributed by atoms with E-state index in [0.29, 0.717) is 6.61 Å². The largest absolute Gasteiger partial charge is 0.491 e. The molecule has 84 valence electrons. The summed E-state index contributed by atoms with van der Waals surface area (Å²) in [7, 11) is 0. The normalized spacial score (nSPS) is 15.1. The van der Waals surface area contributed by atoms with Crippen LogP contribution in [0.25, 0.3) is 0 Å². The zero-order valence-electron chi connectivity index (χ0n) is 9.33. The third kappa shape index (κ3) is 3.99. The first-order valence-electron chi connectivity index (χ1n) is 5.02. The Morgan fingerprint density at radius 1 is 1.33 bits per heavy atom. The van der Waals surface area contributed by atoms with Gasteiger partial charge in [-0.15, -0.1) is 0 Å². The predicted octanol–water partition coefficient (Wildman–Crippen LogP) is 3.08. The van der Waals surface area contributed by atoms with Gasteiger partial charge in [-0.2, -0.15) is 0 Å². The van der Waals surface area contributed by atoms with E-state index in [1.54, 1.807) is 6.92 Å². The maximum atomic E-state index is 9.98. The van der Waals surface area contributed by atoms with Crippen LogP contribution in [0.5, 0.6) is 5.75 Å². The SMILES string of the molecule is CC(C)C(C)(O)COc1ccc(I)cc1. The van der Waals surface area contributed by atoms with Crippen LogP contribution in [0.3, 0.4) is 0 Å². The van der Waals surface area contributed by atoms with Crippen molar-refractivity contribution in [3.05, 3.63) is 27.8 Å². The number of halogens is 1. The average Bonchev–Trinajstić information content (AvgIpc) is 2.17. The van der Waals surface area contributed by atoms with Gasteiger partial charge < -0.3 is 9.84 Å². The molecule has 0 bridgehead atoms. The van der Waals surface area contributed by atoms with Crippen LogP contribution < -0.4 is 4.74 Å². The molecule has 15 heavy (non-hydrogen) atoms. The van der Waals surface area contributed by atoms with Gasteiger partial charge in [-0.1, -0.05) is 13.8 Å². The Bertz CT molecular complexity index is 304. The minimum absolute atomic E-state index is 0.182. The summed E-state index contributed by atoms with van der Waals surface area (Å²) < 4.78 is 6.71. The lowest BCUT2D eigenvalue weighted by molar-refractivity contribution is -0.0266. The zero-order chi connectivity index (χ0) is 11.5. The summed E-state index contributed by atoms with van der Waals surface area (Å²) >= 11 is 2.25. The fraction of sp³-hybridized carbons (Fsp3) is 0.500. The van der Waals surface area contributed by atoms with Crippen LogP contribution in [0.4, 0.5) is 0 Å². The van der Waals surface area contributed by atoms with Crippen molar-refractivity contribution in [1.82, 2.24) is 0 Å². The van der Waals surface area contributed by atoms with E-state index in [2.05, 4.69) is 22.6 Å². The van der Waals surface area contributed by atoms with E-state index in [9.17, 15) is 5.11 Å². The summed E-state index contributed by atoms with van der Waals surface area (Å²) in [5, 5.41) is 9.98. The van der Waals surface area contributed by atoms with Gasteiger partial charge in [0.1, 0.15) is 12.4 Å². The van der Waals surface area contributed by atoms with Crippen molar-refractivity contribution >= 4 is 22.6 Å². The highest BCUT2D eigenvalue weighted by Gasteiger charge is 2.25. The standard InChI is InChI=1S/C12H17IO2/c1-9(2)12(3,14)8-15-11-6-4-10(13)5-7-11/h4-7,9,14H,8H2,1-3H3. The summed E-state index contributed by atoms with van der Waals surface area (Å²) in [6.07, 6.45) is 0. The van der Waals surface area contributed by atoms with Gasteiger partial charge in [0.2, 0.25) is 0 Å². The van der Waals surface area contributed by atoms with Gasteiger partial charge in [-0.3, -0.25) is 0 Å². The van der Waals surface area contributed by atoms with Gasteiger partial charge >= 0.3 is 0 Å². The second kappa shape index (κ2) is 5.16. The maximum absolute atomic E-state index is 9.98. The Morgan fingerprint density at radius 3 is 2.33 bits per heavy atom. The van der Waals surface area contributed by atoms with Crippen LogP contribution in [0.2, 0.25) is 0 Å². The van der Waals surface area contributed by atoms with Crippen LogP contribution in [-0.4, -0.2) is 17.3 Å². The quantitative estimate of drug-likeness (QED) is 0.864. The summed E-state index contributed by atoms with van der Waals surface area (Å²) in [6.45, 7) is 6.09. The molecule has 0 saturated heterocycles. The van der Waals surface area contributed by atoms with Crippen molar-refractivity contribution < 1.29 is 9.84 Å². The minimum atomic E-state index is -0.775. The molecule has 1 unspecified atom stereocenters. The van der Waals surface area contributed by atoms with E-state index >= 15 is 0 Å². The predicted molar refractivity (Wildman–Crippen MR) is 70.1 cm³/mol. The fourth-order valence-electron chi connectivity index (χ4n) is 0.927. The molecule has 0 saturated carbocycles. The zero-order valence-corrected chi connectivity index (χ0v) is 11.5. The molecule has 3 heteroatoms. The summed E-state index contributed by atoms with van der Waals surface area (Å²) in [5.41, 5.74) is -0.775. The van der Waals surface area contributed by atoms with E-state index in [1.165, 1.54) is 3.57 Å². The van der Waals surface area contributed by atoms with Crippen molar-refractivity contribution in [2.24, 2.45) is 5.92 Å². The molecule has 0 heterocycles. The Labute approximate surface area is 105 Å². The molecule has 0 amide bonds. The highest BCUT2D eigenvalue weighted by Crippen LogP contribution is 2.19. The number of benzene rings is 1. The number of rotatable bonds is 4. The Kier molecular flexibility index (Phi) is 4.40. The molecule has 0 fully saturated rings. The van der Waals surface area contributed by atoms with E-state index in [4.69, 9.17) is 4.74 Å². The molecule has 1 aromatic carbocycles. The van der Waals surface area contributed by atoms with Gasteiger partial charge in [0, 0.05) is 3.57 Å². The highest BCUT2D eigenvalue weighted by molar-refractivity contribution is 14.1. The molecular formula is C12H17IO2. The van der Waals surface area contributed by atoms with Gasteiger partial charge in [-0.05, 0) is 59.7 Å². The van der Waals surface area contributed by atoms with Crippen molar-refractivity contribution in [3.63, 3.8) is 0 Å². The molecule has 2 nitrogen and oxygen atoms in total. The molecule has 1 rings (SSSR count). The van der Waals surface area contributed by atoms with Crippen molar-refractivity contribution in [2.45, 2.75) is 26.4 Å². The molecule has 0 spiro atoms. The number of aliphatic hydroxyl groups is 1. The van der Waals surface area contributed by atoms with Gasteiger partial charge in [0.15, 0.2) is 0 Å². The summed E-state index contributed by atoms with van der Waals surface area (Å²) in [4.78, 5) is 0. The molecule has 0 aromatic heterocycles. The minimum Gasteiger partial charge on any atom is -0.491 e. The van der Waals surface area contributed by atoms with Crippen LogP contribution in [0.1, 0.15) is 20.8 Å². The summed E-state index contributed by atoms with van der Waals surface area (Å²) in [5.74, 6) is 0.984. The fourth-order valence-corrected chi connectivity index (χ4v) is 1.29. The number of ether oxygens (including phenoxy) is 1. The third-order valence-electron chi connectivity index (χ3n) is 2.59. The van der Waals surface area contributed by atoms with Crippen LogP contribution in [-0.2, 0) is 0 Å². The van der Waals surface area contributed by atoms with E-state index in [-0.39, 0.29) is 5.92 Å². The third-order valence-corrected chi connectivity index (χ3v) is 3.31. The number of hydrogen-bond donors (Lipinski definition) is 1. The average molecular weight is 320 g/mol. The maximum Gasteiger partial charge on any atom is 0.119 e. The van der Waals surface area contributed by atoms with Crippen LogP contribution >= 0.6 is 22.6 Å². The molecular weight excluding hydrogens is 303 g/mol. The van der Waals surface area contributed by atoms with Crippen molar-refractivity contribution in [3.8, 4) is 5.75 Å². The molecule has 0 radical (unpaired) electrons.